The topological polar surface area (TPSA) is 32.8 Å². The summed E-state index contributed by atoms with van der Waals surface area (Å²) >= 11 is 0. The summed E-state index contributed by atoms with van der Waals surface area (Å²) in [4.78, 5) is 16.6. The fourth-order valence-electron chi connectivity index (χ4n) is 3.71. The van der Waals surface area contributed by atoms with Crippen molar-refractivity contribution in [2.75, 3.05) is 31.1 Å². The number of ether oxygens (including phenoxy) is 1. The highest BCUT2D eigenvalue weighted by Crippen LogP contribution is 2.36. The molecule has 2 aliphatic rings. The van der Waals surface area contributed by atoms with E-state index in [1.165, 1.54) is 18.4 Å². The average molecular weight is 328 g/mol. The number of hydrogen-bond donors (Lipinski definition) is 0. The minimum atomic E-state index is 0.132. The molecule has 130 valence electrons. The first-order chi connectivity index (χ1) is 11.7. The number of nitrogens with zero attached hydrogens (tertiary/aromatic N) is 2. The van der Waals surface area contributed by atoms with E-state index in [0.29, 0.717) is 6.61 Å². The molecule has 1 fully saturated rings. The number of anilines is 1. The Hall–Kier alpha value is -1.81. The Labute approximate surface area is 145 Å². The maximum absolute atomic E-state index is 12.4. The molecule has 0 N–H and O–H groups in total. The summed E-state index contributed by atoms with van der Waals surface area (Å²) < 4.78 is 5.83. The Bertz CT molecular complexity index is 590. The smallest absolute Gasteiger partial charge is 0.251 e. The van der Waals surface area contributed by atoms with Gasteiger partial charge in [0.15, 0.2) is 0 Å². The van der Waals surface area contributed by atoms with Crippen LogP contribution < -0.4 is 9.64 Å². The van der Waals surface area contributed by atoms with Gasteiger partial charge in [0.25, 0.3) is 5.91 Å². The van der Waals surface area contributed by atoms with Crippen LogP contribution in [0.2, 0.25) is 0 Å². The normalized spacial score (nSPS) is 20.3. The van der Waals surface area contributed by atoms with Gasteiger partial charge in [0.2, 0.25) is 0 Å². The van der Waals surface area contributed by atoms with Crippen LogP contribution in [0.1, 0.15) is 39.5 Å². The molecule has 1 aromatic rings. The lowest BCUT2D eigenvalue weighted by molar-refractivity contribution is -0.113. The second-order valence-corrected chi connectivity index (χ2v) is 6.56. The van der Waals surface area contributed by atoms with Crippen molar-refractivity contribution < 1.29 is 9.53 Å². The molecule has 0 saturated heterocycles. The Morgan fingerprint density at radius 1 is 1.17 bits per heavy atom. The van der Waals surface area contributed by atoms with Gasteiger partial charge in [-0.1, -0.05) is 20.3 Å². The lowest BCUT2D eigenvalue weighted by Gasteiger charge is -2.30. The number of likely N-dealkylation sites (N-methyl/N-ethyl adjacent to an activating group) is 1. The molecule has 0 bridgehead atoms. The first-order valence-electron chi connectivity index (χ1n) is 9.21. The summed E-state index contributed by atoms with van der Waals surface area (Å²) in [7, 11) is 0. The van der Waals surface area contributed by atoms with E-state index in [2.05, 4.69) is 18.7 Å². The van der Waals surface area contributed by atoms with E-state index in [9.17, 15) is 4.79 Å². The zero-order chi connectivity index (χ0) is 16.9. The number of rotatable bonds is 7. The highest BCUT2D eigenvalue weighted by molar-refractivity contribution is 6.06. The fraction of sp³-hybridized carbons (Fsp3) is 0.550. The van der Waals surface area contributed by atoms with Crippen molar-refractivity contribution in [1.82, 2.24) is 4.90 Å². The van der Waals surface area contributed by atoms with Gasteiger partial charge in [0, 0.05) is 18.3 Å². The average Bonchev–Trinajstić information content (AvgIpc) is 2.95. The number of carbonyl (C=O) groups is 1. The predicted octanol–water partition coefficient (Wildman–Crippen LogP) is 3.62. The van der Waals surface area contributed by atoms with Crippen molar-refractivity contribution >= 4 is 11.6 Å². The fourth-order valence-corrected chi connectivity index (χ4v) is 3.71. The van der Waals surface area contributed by atoms with Crippen molar-refractivity contribution in [2.24, 2.45) is 0 Å². The number of fused-ring (bicyclic) bond motifs is 1. The molecule has 1 heterocycles. The van der Waals surface area contributed by atoms with Crippen LogP contribution in [0.15, 0.2) is 35.9 Å². The van der Waals surface area contributed by atoms with Crippen molar-refractivity contribution in [2.45, 2.75) is 45.6 Å². The Balaban J connectivity index is 1.59. The van der Waals surface area contributed by atoms with E-state index < -0.39 is 0 Å². The minimum Gasteiger partial charge on any atom is -0.492 e. The largest absolute Gasteiger partial charge is 0.492 e. The van der Waals surface area contributed by atoms with Crippen LogP contribution in [0.25, 0.3) is 0 Å². The third-order valence-corrected chi connectivity index (χ3v) is 5.16. The molecule has 1 amide bonds. The molecular formula is C20H28N2O2. The van der Waals surface area contributed by atoms with E-state index in [4.69, 9.17) is 4.74 Å². The summed E-state index contributed by atoms with van der Waals surface area (Å²) in [5.41, 5.74) is 2.29. The second-order valence-electron chi connectivity index (χ2n) is 6.56. The monoisotopic (exact) mass is 328 g/mol. The summed E-state index contributed by atoms with van der Waals surface area (Å²) in [6.07, 6.45) is 6.42. The molecule has 1 aromatic carbocycles. The van der Waals surface area contributed by atoms with Crippen LogP contribution in [0.5, 0.6) is 5.75 Å². The minimum absolute atomic E-state index is 0.132. The maximum atomic E-state index is 12.4. The summed E-state index contributed by atoms with van der Waals surface area (Å²) in [6, 6.07) is 8.25. The summed E-state index contributed by atoms with van der Waals surface area (Å²) in [6.45, 7) is 8.06. The molecule has 1 aliphatic heterocycles. The van der Waals surface area contributed by atoms with E-state index in [1.807, 2.05) is 35.2 Å². The SMILES string of the molecule is CCN(CC)CCOc1ccc(N2C(=O)C=C3CCCCC32)cc1. The Kier molecular flexibility index (Phi) is 5.56. The molecule has 1 atom stereocenters. The molecule has 0 radical (unpaired) electrons. The quantitative estimate of drug-likeness (QED) is 0.766. The van der Waals surface area contributed by atoms with Gasteiger partial charge in [-0.15, -0.1) is 0 Å². The molecule has 0 spiro atoms. The predicted molar refractivity (Wildman–Crippen MR) is 97.6 cm³/mol. The third kappa shape index (κ3) is 3.64. The molecule has 1 aliphatic carbocycles. The van der Waals surface area contributed by atoms with Crippen molar-refractivity contribution in [3.63, 3.8) is 0 Å². The highest BCUT2D eigenvalue weighted by atomic mass is 16.5. The zero-order valence-corrected chi connectivity index (χ0v) is 14.8. The van der Waals surface area contributed by atoms with E-state index in [-0.39, 0.29) is 11.9 Å². The molecule has 3 rings (SSSR count). The third-order valence-electron chi connectivity index (χ3n) is 5.16. The van der Waals surface area contributed by atoms with Crippen molar-refractivity contribution in [1.29, 1.82) is 0 Å². The van der Waals surface area contributed by atoms with Gasteiger partial charge in [0.1, 0.15) is 12.4 Å². The van der Waals surface area contributed by atoms with Crippen LogP contribution in [-0.4, -0.2) is 43.1 Å². The van der Waals surface area contributed by atoms with Crippen LogP contribution in [-0.2, 0) is 4.79 Å². The first-order valence-corrected chi connectivity index (χ1v) is 9.21. The lowest BCUT2D eigenvalue weighted by Crippen LogP contribution is -2.36. The van der Waals surface area contributed by atoms with Gasteiger partial charge in [-0.3, -0.25) is 4.79 Å². The molecule has 1 saturated carbocycles. The van der Waals surface area contributed by atoms with E-state index in [0.717, 1.165) is 43.9 Å². The van der Waals surface area contributed by atoms with Gasteiger partial charge in [0.05, 0.1) is 6.04 Å². The van der Waals surface area contributed by atoms with E-state index >= 15 is 0 Å². The maximum Gasteiger partial charge on any atom is 0.251 e. The van der Waals surface area contributed by atoms with Crippen molar-refractivity contribution in [3.8, 4) is 5.75 Å². The number of carbonyl (C=O) groups excluding carboxylic acids is 1. The second kappa shape index (κ2) is 7.84. The highest BCUT2D eigenvalue weighted by Gasteiger charge is 2.34. The number of benzene rings is 1. The standard InChI is InChI=1S/C20H28N2O2/c1-3-21(4-2)13-14-24-18-11-9-17(10-12-18)22-19-8-6-5-7-16(19)15-20(22)23/h9-12,15,19H,3-8,13-14H2,1-2H3. The molecule has 24 heavy (non-hydrogen) atoms. The molecule has 4 heteroatoms. The van der Waals surface area contributed by atoms with Crippen LogP contribution >= 0.6 is 0 Å². The summed E-state index contributed by atoms with van der Waals surface area (Å²) in [5, 5.41) is 0. The van der Waals surface area contributed by atoms with Gasteiger partial charge < -0.3 is 14.5 Å². The molecular weight excluding hydrogens is 300 g/mol. The first kappa shape index (κ1) is 17.0. The summed E-state index contributed by atoms with van der Waals surface area (Å²) in [5.74, 6) is 1.00. The Morgan fingerprint density at radius 3 is 2.62 bits per heavy atom. The molecule has 1 unspecified atom stereocenters. The zero-order valence-electron chi connectivity index (χ0n) is 14.8. The lowest BCUT2D eigenvalue weighted by atomic mass is 9.91. The van der Waals surface area contributed by atoms with Crippen LogP contribution in [0.4, 0.5) is 5.69 Å². The van der Waals surface area contributed by atoms with Gasteiger partial charge >= 0.3 is 0 Å². The van der Waals surface area contributed by atoms with Gasteiger partial charge in [-0.25, -0.2) is 0 Å². The van der Waals surface area contributed by atoms with Gasteiger partial charge in [-0.2, -0.15) is 0 Å². The van der Waals surface area contributed by atoms with Gasteiger partial charge in [-0.05, 0) is 62.2 Å². The number of amides is 1. The number of hydrogen-bond acceptors (Lipinski definition) is 3. The molecule has 4 nitrogen and oxygen atoms in total. The van der Waals surface area contributed by atoms with Crippen LogP contribution in [0.3, 0.4) is 0 Å². The molecule has 0 aromatic heterocycles. The van der Waals surface area contributed by atoms with Crippen molar-refractivity contribution in [3.05, 3.63) is 35.9 Å². The van der Waals surface area contributed by atoms with E-state index in [1.54, 1.807) is 0 Å². The van der Waals surface area contributed by atoms with Crippen LogP contribution in [0, 0.1) is 0 Å². The Morgan fingerprint density at radius 2 is 1.92 bits per heavy atom.